The van der Waals surface area contributed by atoms with Gasteiger partial charge < -0.3 is 15.6 Å². The van der Waals surface area contributed by atoms with E-state index in [0.717, 1.165) is 5.56 Å². The highest BCUT2D eigenvalue weighted by atomic mass is 35.5. The van der Waals surface area contributed by atoms with Gasteiger partial charge in [0, 0.05) is 40.4 Å². The van der Waals surface area contributed by atoms with Crippen LogP contribution in [0.25, 0.3) is 22.5 Å². The van der Waals surface area contributed by atoms with E-state index in [1.807, 2.05) is 30.3 Å². The number of amides is 2. The van der Waals surface area contributed by atoms with Crippen molar-refractivity contribution in [2.45, 2.75) is 12.5 Å². The molecule has 1 atom stereocenters. The van der Waals surface area contributed by atoms with E-state index >= 15 is 0 Å². The molecule has 2 amide bonds. The van der Waals surface area contributed by atoms with Crippen LogP contribution in [0.3, 0.4) is 0 Å². The molecule has 0 spiro atoms. The van der Waals surface area contributed by atoms with Crippen LogP contribution >= 0.6 is 11.6 Å². The number of pyridine rings is 1. The number of anilines is 1. The van der Waals surface area contributed by atoms with Gasteiger partial charge in [0.25, 0.3) is 5.56 Å². The summed E-state index contributed by atoms with van der Waals surface area (Å²) in [5.74, 6) is -0.874. The van der Waals surface area contributed by atoms with Crippen molar-refractivity contribution in [1.82, 2.24) is 30.5 Å². The molecule has 0 aliphatic heterocycles. The zero-order chi connectivity index (χ0) is 27.2. The Balaban J connectivity index is 1.36. The maximum absolute atomic E-state index is 13.3. The van der Waals surface area contributed by atoms with E-state index in [9.17, 15) is 14.4 Å². The Bertz CT molecular complexity index is 1720. The van der Waals surface area contributed by atoms with Crippen LogP contribution in [-0.4, -0.2) is 43.0 Å². The van der Waals surface area contributed by atoms with Crippen LogP contribution in [0.1, 0.15) is 11.1 Å². The largest absolute Gasteiger partial charge is 0.340 e. The minimum absolute atomic E-state index is 0.214. The fraction of sp³-hybridized carbons (Fsp3) is 0.0714. The summed E-state index contributed by atoms with van der Waals surface area (Å²) in [6.07, 6.45) is 6.16. The molecule has 1 unspecified atom stereocenters. The second-order valence-electron chi connectivity index (χ2n) is 8.64. The number of hydrogen-bond donors (Lipinski definition) is 3. The molecule has 0 radical (unpaired) electrons. The van der Waals surface area contributed by atoms with Crippen molar-refractivity contribution in [2.24, 2.45) is 0 Å². The summed E-state index contributed by atoms with van der Waals surface area (Å²) in [5.41, 5.74) is 2.41. The molecule has 2 heterocycles. The van der Waals surface area contributed by atoms with Crippen molar-refractivity contribution in [2.75, 3.05) is 5.32 Å². The second kappa shape index (κ2) is 11.5. The molecule has 0 bridgehead atoms. The smallest absolute Gasteiger partial charge is 0.255 e. The second-order valence-corrected chi connectivity index (χ2v) is 9.08. The van der Waals surface area contributed by atoms with Gasteiger partial charge in [-0.2, -0.15) is 4.68 Å². The molecular weight excluding hydrogens is 518 g/mol. The van der Waals surface area contributed by atoms with Gasteiger partial charge in [0.05, 0.1) is 5.69 Å². The van der Waals surface area contributed by atoms with Gasteiger partial charge >= 0.3 is 0 Å². The van der Waals surface area contributed by atoms with Crippen LogP contribution in [0.5, 0.6) is 0 Å². The van der Waals surface area contributed by atoms with Crippen molar-refractivity contribution >= 4 is 46.0 Å². The Kier molecular flexibility index (Phi) is 7.56. The molecule has 5 aromatic rings. The number of halogens is 1. The molecular formula is C28H22ClN7O3. The highest BCUT2D eigenvalue weighted by Crippen LogP contribution is 2.20. The summed E-state index contributed by atoms with van der Waals surface area (Å²) in [7, 11) is 0. The molecule has 5 rings (SSSR count). The predicted molar refractivity (Wildman–Crippen MR) is 148 cm³/mol. The molecule has 194 valence electrons. The summed E-state index contributed by atoms with van der Waals surface area (Å²) in [5, 5.41) is 18.5. The van der Waals surface area contributed by atoms with E-state index in [2.05, 4.69) is 31.1 Å². The molecule has 3 N–H and O–H groups in total. The van der Waals surface area contributed by atoms with Crippen LogP contribution in [0.4, 0.5) is 5.69 Å². The normalized spacial score (nSPS) is 11.9. The van der Waals surface area contributed by atoms with Crippen LogP contribution < -0.4 is 16.2 Å². The van der Waals surface area contributed by atoms with Crippen molar-refractivity contribution in [3.8, 4) is 5.69 Å². The quantitative estimate of drug-likeness (QED) is 0.258. The molecule has 11 heteroatoms. The third-order valence-corrected chi connectivity index (χ3v) is 6.19. The standard InChI is InChI=1S/C28H22ClN7O3/c29-21-7-10-25(36-17-31-34-35-36)20(15-21)6-11-26(37)33-24(14-18-4-2-1-3-5-18)28(39)32-22-8-9-23-19(16-22)12-13-30-27(23)38/h1-13,15-17,24H,14H2,(H,30,38)(H,32,39)(H,33,37)/b11-6+. The Hall–Kier alpha value is -5.09. The lowest BCUT2D eigenvalue weighted by Crippen LogP contribution is -2.44. The molecule has 0 aliphatic carbocycles. The first-order chi connectivity index (χ1) is 19.0. The Morgan fingerprint density at radius 1 is 1.05 bits per heavy atom. The third-order valence-electron chi connectivity index (χ3n) is 5.96. The minimum atomic E-state index is -0.877. The molecule has 0 fully saturated rings. The Labute approximate surface area is 227 Å². The molecule has 0 saturated heterocycles. The van der Waals surface area contributed by atoms with E-state index in [-0.39, 0.29) is 12.0 Å². The molecule has 10 nitrogen and oxygen atoms in total. The summed E-state index contributed by atoms with van der Waals surface area (Å²) in [6.45, 7) is 0. The van der Waals surface area contributed by atoms with E-state index in [1.54, 1.807) is 54.7 Å². The van der Waals surface area contributed by atoms with E-state index in [4.69, 9.17) is 11.6 Å². The van der Waals surface area contributed by atoms with E-state index in [1.165, 1.54) is 17.1 Å². The number of hydrogen-bond acceptors (Lipinski definition) is 6. The van der Waals surface area contributed by atoms with Crippen molar-refractivity contribution in [3.63, 3.8) is 0 Å². The van der Waals surface area contributed by atoms with Gasteiger partial charge in [0.15, 0.2) is 0 Å². The molecule has 0 saturated carbocycles. The third kappa shape index (κ3) is 6.25. The maximum atomic E-state index is 13.3. The number of tetrazole rings is 1. The van der Waals surface area contributed by atoms with Crippen LogP contribution in [0.15, 0.2) is 96.2 Å². The Morgan fingerprint density at radius 2 is 1.90 bits per heavy atom. The number of nitrogens with zero attached hydrogens (tertiary/aromatic N) is 4. The summed E-state index contributed by atoms with van der Waals surface area (Å²) < 4.78 is 1.46. The van der Waals surface area contributed by atoms with Crippen LogP contribution in [-0.2, 0) is 16.0 Å². The van der Waals surface area contributed by atoms with Crippen molar-refractivity contribution < 1.29 is 9.59 Å². The first-order valence-corrected chi connectivity index (χ1v) is 12.3. The number of carbonyl (C=O) groups is 2. The SMILES string of the molecule is O=C(/C=C/c1cc(Cl)ccc1-n1cnnn1)NC(Cc1ccccc1)C(=O)Nc1ccc2c(=O)[nH]ccc2c1. The number of aromatic amines is 1. The van der Waals surface area contributed by atoms with Gasteiger partial charge in [0.2, 0.25) is 11.8 Å². The van der Waals surface area contributed by atoms with Gasteiger partial charge in [-0.15, -0.1) is 5.10 Å². The van der Waals surface area contributed by atoms with Crippen molar-refractivity contribution in [1.29, 1.82) is 0 Å². The highest BCUT2D eigenvalue weighted by molar-refractivity contribution is 6.30. The Morgan fingerprint density at radius 3 is 2.69 bits per heavy atom. The first-order valence-electron chi connectivity index (χ1n) is 11.9. The fourth-order valence-corrected chi connectivity index (χ4v) is 4.26. The summed E-state index contributed by atoms with van der Waals surface area (Å²) in [6, 6.07) is 20.4. The number of carbonyl (C=O) groups excluding carboxylic acids is 2. The molecule has 0 aliphatic rings. The van der Waals surface area contributed by atoms with E-state index in [0.29, 0.717) is 32.7 Å². The van der Waals surface area contributed by atoms with Gasteiger partial charge in [-0.1, -0.05) is 41.9 Å². The maximum Gasteiger partial charge on any atom is 0.255 e. The molecule has 2 aromatic heterocycles. The number of nitrogens with one attached hydrogen (secondary N) is 3. The lowest BCUT2D eigenvalue weighted by Gasteiger charge is -2.18. The number of rotatable bonds is 8. The van der Waals surface area contributed by atoms with Crippen molar-refractivity contribution in [3.05, 3.63) is 118 Å². The lowest BCUT2D eigenvalue weighted by molar-refractivity contribution is -0.123. The molecule has 3 aromatic carbocycles. The van der Waals surface area contributed by atoms with Gasteiger partial charge in [-0.25, -0.2) is 0 Å². The average molecular weight is 540 g/mol. The minimum Gasteiger partial charge on any atom is -0.340 e. The predicted octanol–water partition coefficient (Wildman–Crippen LogP) is 3.54. The number of benzene rings is 3. The molecule has 39 heavy (non-hydrogen) atoms. The number of aromatic nitrogens is 5. The topological polar surface area (TPSA) is 135 Å². The monoisotopic (exact) mass is 539 g/mol. The average Bonchev–Trinajstić information content (AvgIpc) is 3.47. The van der Waals surface area contributed by atoms with Gasteiger partial charge in [-0.3, -0.25) is 14.4 Å². The van der Waals surface area contributed by atoms with Gasteiger partial charge in [0.1, 0.15) is 12.4 Å². The zero-order valence-corrected chi connectivity index (χ0v) is 21.2. The first kappa shape index (κ1) is 25.6. The summed E-state index contributed by atoms with van der Waals surface area (Å²) >= 11 is 6.16. The number of H-pyrrole nitrogens is 1. The van der Waals surface area contributed by atoms with Gasteiger partial charge in [-0.05, 0) is 69.9 Å². The van der Waals surface area contributed by atoms with E-state index < -0.39 is 17.9 Å². The number of fused-ring (bicyclic) bond motifs is 1. The highest BCUT2D eigenvalue weighted by Gasteiger charge is 2.21. The fourth-order valence-electron chi connectivity index (χ4n) is 4.08. The zero-order valence-electron chi connectivity index (χ0n) is 20.4. The van der Waals surface area contributed by atoms with Crippen LogP contribution in [0, 0.1) is 0 Å². The summed E-state index contributed by atoms with van der Waals surface area (Å²) in [4.78, 5) is 40.9. The van der Waals surface area contributed by atoms with Crippen LogP contribution in [0.2, 0.25) is 5.02 Å². The lowest BCUT2D eigenvalue weighted by atomic mass is 10.0.